The lowest BCUT2D eigenvalue weighted by Gasteiger charge is -2.18. The number of aryl methyl sites for hydroxylation is 1. The molecule has 21 heavy (non-hydrogen) atoms. The lowest BCUT2D eigenvalue weighted by molar-refractivity contribution is 0.356. The molecule has 0 spiro atoms. The Morgan fingerprint density at radius 2 is 2.29 bits per heavy atom. The minimum Gasteiger partial charge on any atom is -0.493 e. The van der Waals surface area contributed by atoms with Crippen LogP contribution >= 0.6 is 0 Å². The first-order valence-electron chi connectivity index (χ1n) is 7.74. The van der Waals surface area contributed by atoms with Crippen molar-refractivity contribution in [2.24, 2.45) is 7.05 Å². The molecule has 4 heteroatoms. The van der Waals surface area contributed by atoms with Crippen LogP contribution in [-0.4, -0.2) is 22.9 Å². The number of benzene rings is 1. The van der Waals surface area contributed by atoms with Crippen molar-refractivity contribution in [2.75, 3.05) is 13.2 Å². The zero-order valence-corrected chi connectivity index (χ0v) is 12.8. The molecular formula is C17H23N3O. The molecule has 2 aromatic rings. The molecule has 112 valence electrons. The first-order chi connectivity index (χ1) is 10.3. The van der Waals surface area contributed by atoms with Gasteiger partial charge < -0.3 is 10.1 Å². The molecule has 1 aromatic heterocycles. The molecule has 1 unspecified atom stereocenters. The van der Waals surface area contributed by atoms with Crippen molar-refractivity contribution in [2.45, 2.75) is 32.2 Å². The van der Waals surface area contributed by atoms with Gasteiger partial charge in [0.25, 0.3) is 0 Å². The van der Waals surface area contributed by atoms with E-state index in [0.29, 0.717) is 6.04 Å². The summed E-state index contributed by atoms with van der Waals surface area (Å²) >= 11 is 0. The van der Waals surface area contributed by atoms with E-state index in [1.807, 2.05) is 17.9 Å². The molecule has 3 rings (SSSR count). The van der Waals surface area contributed by atoms with Crippen LogP contribution in [0.3, 0.4) is 0 Å². The highest BCUT2D eigenvalue weighted by molar-refractivity contribution is 5.40. The second-order valence-electron chi connectivity index (χ2n) is 5.61. The third kappa shape index (κ3) is 3.27. The summed E-state index contributed by atoms with van der Waals surface area (Å²) in [6.07, 6.45) is 5.08. The number of nitrogens with one attached hydrogen (secondary N) is 1. The van der Waals surface area contributed by atoms with E-state index in [1.165, 1.54) is 11.1 Å². The molecule has 1 aliphatic heterocycles. The van der Waals surface area contributed by atoms with Gasteiger partial charge in [0.15, 0.2) is 0 Å². The molecule has 0 saturated carbocycles. The number of rotatable bonds is 6. The van der Waals surface area contributed by atoms with Gasteiger partial charge in [-0.05, 0) is 29.7 Å². The predicted octanol–water partition coefficient (Wildman–Crippen LogP) is 2.64. The molecule has 2 heterocycles. The van der Waals surface area contributed by atoms with Crippen molar-refractivity contribution < 1.29 is 4.74 Å². The maximum absolute atomic E-state index is 5.58. The van der Waals surface area contributed by atoms with Crippen molar-refractivity contribution in [1.82, 2.24) is 15.1 Å². The minimum atomic E-state index is 0.402. The SMILES string of the molecule is CCC(NCCc1ccn(C)n1)c1ccc2c(c1)CCO2. The molecule has 1 aliphatic rings. The largest absolute Gasteiger partial charge is 0.493 e. The highest BCUT2D eigenvalue weighted by Crippen LogP contribution is 2.29. The fraction of sp³-hybridized carbons (Fsp3) is 0.471. The Morgan fingerprint density at radius 3 is 3.05 bits per heavy atom. The molecule has 0 fully saturated rings. The first-order valence-corrected chi connectivity index (χ1v) is 7.74. The molecule has 0 radical (unpaired) electrons. The molecule has 1 N–H and O–H groups in total. The van der Waals surface area contributed by atoms with Crippen molar-refractivity contribution in [3.05, 3.63) is 47.3 Å². The summed E-state index contributed by atoms with van der Waals surface area (Å²) in [5.74, 6) is 1.06. The van der Waals surface area contributed by atoms with E-state index in [9.17, 15) is 0 Å². The number of aromatic nitrogens is 2. The topological polar surface area (TPSA) is 39.1 Å². The van der Waals surface area contributed by atoms with Crippen LogP contribution in [0.4, 0.5) is 0 Å². The van der Waals surface area contributed by atoms with E-state index < -0.39 is 0 Å². The van der Waals surface area contributed by atoms with Crippen LogP contribution in [-0.2, 0) is 19.9 Å². The molecule has 1 aromatic carbocycles. The Hall–Kier alpha value is -1.81. The summed E-state index contributed by atoms with van der Waals surface area (Å²) < 4.78 is 7.43. The summed E-state index contributed by atoms with van der Waals surface area (Å²) in [7, 11) is 1.96. The zero-order chi connectivity index (χ0) is 14.7. The second-order valence-corrected chi connectivity index (χ2v) is 5.61. The number of ether oxygens (including phenoxy) is 1. The number of hydrogen-bond donors (Lipinski definition) is 1. The molecule has 4 nitrogen and oxygen atoms in total. The van der Waals surface area contributed by atoms with Gasteiger partial charge in [0.2, 0.25) is 0 Å². The summed E-state index contributed by atoms with van der Waals surface area (Å²) in [5, 5.41) is 8.06. The van der Waals surface area contributed by atoms with Crippen molar-refractivity contribution >= 4 is 0 Å². The fourth-order valence-corrected chi connectivity index (χ4v) is 2.89. The van der Waals surface area contributed by atoms with Crippen LogP contribution in [0.15, 0.2) is 30.5 Å². The standard InChI is InChI=1S/C17H23N3O/c1-3-16(18-9-6-15-7-10-20(2)19-15)13-4-5-17-14(12-13)8-11-21-17/h4-5,7,10,12,16,18H,3,6,8-9,11H2,1-2H3. The normalized spacial score (nSPS) is 14.8. The zero-order valence-electron chi connectivity index (χ0n) is 12.8. The van der Waals surface area contributed by atoms with E-state index in [4.69, 9.17) is 4.74 Å². The number of hydrogen-bond acceptors (Lipinski definition) is 3. The van der Waals surface area contributed by atoms with Crippen LogP contribution in [0.5, 0.6) is 5.75 Å². The number of fused-ring (bicyclic) bond motifs is 1. The van der Waals surface area contributed by atoms with E-state index in [1.54, 1.807) is 0 Å². The van der Waals surface area contributed by atoms with Crippen molar-refractivity contribution in [3.63, 3.8) is 0 Å². The van der Waals surface area contributed by atoms with Crippen LogP contribution in [0, 0.1) is 0 Å². The highest BCUT2D eigenvalue weighted by atomic mass is 16.5. The van der Waals surface area contributed by atoms with Crippen molar-refractivity contribution in [3.8, 4) is 5.75 Å². The van der Waals surface area contributed by atoms with Gasteiger partial charge in [-0.1, -0.05) is 19.1 Å². The lowest BCUT2D eigenvalue weighted by Crippen LogP contribution is -2.23. The van der Waals surface area contributed by atoms with E-state index in [-0.39, 0.29) is 0 Å². The predicted molar refractivity (Wildman–Crippen MR) is 83.6 cm³/mol. The monoisotopic (exact) mass is 285 g/mol. The minimum absolute atomic E-state index is 0.402. The van der Waals surface area contributed by atoms with Crippen molar-refractivity contribution in [1.29, 1.82) is 0 Å². The summed E-state index contributed by atoms with van der Waals surface area (Å²) in [5.41, 5.74) is 3.85. The summed E-state index contributed by atoms with van der Waals surface area (Å²) in [4.78, 5) is 0. The Bertz CT molecular complexity index is 606. The van der Waals surface area contributed by atoms with E-state index in [2.05, 4.69) is 41.6 Å². The van der Waals surface area contributed by atoms with Crippen LogP contribution in [0.2, 0.25) is 0 Å². The Balaban J connectivity index is 1.59. The van der Waals surface area contributed by atoms with Gasteiger partial charge in [-0.25, -0.2) is 0 Å². The average Bonchev–Trinajstić information content (AvgIpc) is 3.11. The van der Waals surface area contributed by atoms with E-state index in [0.717, 1.165) is 43.9 Å². The van der Waals surface area contributed by atoms with Gasteiger partial charge >= 0.3 is 0 Å². The lowest BCUT2D eigenvalue weighted by atomic mass is 10.0. The third-order valence-corrected chi connectivity index (χ3v) is 4.06. The smallest absolute Gasteiger partial charge is 0.122 e. The summed E-state index contributed by atoms with van der Waals surface area (Å²) in [6, 6.07) is 9.08. The molecular weight excluding hydrogens is 262 g/mol. The number of nitrogens with zero attached hydrogens (tertiary/aromatic N) is 2. The molecule has 0 bridgehead atoms. The fourth-order valence-electron chi connectivity index (χ4n) is 2.89. The Labute approximate surface area is 126 Å². The molecule has 0 saturated heterocycles. The highest BCUT2D eigenvalue weighted by Gasteiger charge is 2.15. The summed E-state index contributed by atoms with van der Waals surface area (Å²) in [6.45, 7) is 3.99. The molecule has 0 amide bonds. The average molecular weight is 285 g/mol. The molecule has 0 aliphatic carbocycles. The maximum atomic E-state index is 5.58. The van der Waals surface area contributed by atoms with Gasteiger partial charge in [0, 0.05) is 38.7 Å². The van der Waals surface area contributed by atoms with Gasteiger partial charge in [0.05, 0.1) is 12.3 Å². The first kappa shape index (κ1) is 14.1. The van der Waals surface area contributed by atoms with Gasteiger partial charge in [-0.3, -0.25) is 4.68 Å². The second kappa shape index (κ2) is 6.31. The molecule has 1 atom stereocenters. The van der Waals surface area contributed by atoms with Crippen LogP contribution in [0.25, 0.3) is 0 Å². The third-order valence-electron chi connectivity index (χ3n) is 4.06. The quantitative estimate of drug-likeness (QED) is 0.887. The van der Waals surface area contributed by atoms with Gasteiger partial charge in [-0.2, -0.15) is 5.10 Å². The van der Waals surface area contributed by atoms with Gasteiger partial charge in [0.1, 0.15) is 5.75 Å². The van der Waals surface area contributed by atoms with Crippen LogP contribution in [0.1, 0.15) is 36.2 Å². The Kier molecular flexibility index (Phi) is 4.25. The van der Waals surface area contributed by atoms with E-state index >= 15 is 0 Å². The van der Waals surface area contributed by atoms with Crippen LogP contribution < -0.4 is 10.1 Å². The van der Waals surface area contributed by atoms with Gasteiger partial charge in [-0.15, -0.1) is 0 Å². The maximum Gasteiger partial charge on any atom is 0.122 e. The Morgan fingerprint density at radius 1 is 1.38 bits per heavy atom.